The van der Waals surface area contributed by atoms with E-state index in [1.807, 2.05) is 0 Å². The van der Waals surface area contributed by atoms with Crippen molar-refractivity contribution in [1.82, 2.24) is 9.88 Å². The fourth-order valence-electron chi connectivity index (χ4n) is 4.86. The summed E-state index contributed by atoms with van der Waals surface area (Å²) < 4.78 is 44.9. The summed E-state index contributed by atoms with van der Waals surface area (Å²) in [7, 11) is 0. The third-order valence-electron chi connectivity index (χ3n) is 6.43. The number of aromatic nitrogens is 1. The van der Waals surface area contributed by atoms with E-state index in [0.717, 1.165) is 12.3 Å². The Hall–Kier alpha value is -2.42. The van der Waals surface area contributed by atoms with Gasteiger partial charge in [0.15, 0.2) is 0 Å². The fraction of sp³-hybridized carbons (Fsp3) is 0.609. The quantitative estimate of drug-likeness (QED) is 0.563. The van der Waals surface area contributed by atoms with Gasteiger partial charge in [0.2, 0.25) is 5.91 Å². The van der Waals surface area contributed by atoms with Gasteiger partial charge >= 0.3 is 12.1 Å². The monoisotopic (exact) mass is 451 g/mol. The van der Waals surface area contributed by atoms with Gasteiger partial charge in [-0.25, -0.2) is 0 Å². The predicted molar refractivity (Wildman–Crippen MR) is 110 cm³/mol. The van der Waals surface area contributed by atoms with Crippen molar-refractivity contribution in [3.63, 3.8) is 0 Å². The molecule has 0 aromatic carbocycles. The number of fused-ring (bicyclic) bond motifs is 1. The van der Waals surface area contributed by atoms with Crippen LogP contribution in [0.15, 0.2) is 24.4 Å². The molecule has 9 heteroatoms. The number of amides is 1. The number of alkyl halides is 3. The van der Waals surface area contributed by atoms with Gasteiger partial charge in [0.1, 0.15) is 5.60 Å². The zero-order valence-electron chi connectivity index (χ0n) is 18.4. The van der Waals surface area contributed by atoms with Crippen LogP contribution in [-0.4, -0.2) is 39.9 Å². The Morgan fingerprint density at radius 2 is 2.00 bits per heavy atom. The first kappa shape index (κ1) is 22.8. The highest BCUT2D eigenvalue weighted by Crippen LogP contribution is 2.57. The van der Waals surface area contributed by atoms with Crippen LogP contribution in [-0.2, 0) is 33.5 Å². The lowest BCUT2D eigenvalue weighted by atomic mass is 9.78. The van der Waals surface area contributed by atoms with Crippen LogP contribution in [0.1, 0.15) is 50.4 Å². The van der Waals surface area contributed by atoms with E-state index >= 15 is 0 Å². The fourth-order valence-corrected chi connectivity index (χ4v) is 4.86. The summed E-state index contributed by atoms with van der Waals surface area (Å²) in [5, 5.41) is 0. The molecule has 174 valence electrons. The molecule has 0 bridgehead atoms. The predicted octanol–water partition coefficient (Wildman–Crippen LogP) is 3.24. The van der Waals surface area contributed by atoms with Gasteiger partial charge in [-0.05, 0) is 51.2 Å². The Morgan fingerprint density at radius 3 is 2.59 bits per heavy atom. The smallest absolute Gasteiger partial charge is 0.417 e. The summed E-state index contributed by atoms with van der Waals surface area (Å²) in [4.78, 5) is 31.9. The van der Waals surface area contributed by atoms with Gasteiger partial charge in [0.05, 0.1) is 16.9 Å². The second kappa shape index (κ2) is 7.57. The molecule has 1 saturated carbocycles. The highest BCUT2D eigenvalue weighted by atomic mass is 19.4. The molecule has 1 aromatic heterocycles. The molecule has 1 fully saturated rings. The summed E-state index contributed by atoms with van der Waals surface area (Å²) in [6.07, 6.45) is 1.21. The Balaban J connectivity index is 1.55. The first-order valence-electron chi connectivity index (χ1n) is 10.8. The van der Waals surface area contributed by atoms with Crippen molar-refractivity contribution in [1.29, 1.82) is 0 Å². The van der Waals surface area contributed by atoms with Gasteiger partial charge < -0.3 is 15.4 Å². The molecule has 2 unspecified atom stereocenters. The lowest BCUT2D eigenvalue weighted by molar-refractivity contribution is -0.157. The number of nitrogens with zero attached hydrogens (tertiary/aromatic N) is 2. The van der Waals surface area contributed by atoms with Crippen LogP contribution >= 0.6 is 0 Å². The van der Waals surface area contributed by atoms with Gasteiger partial charge in [-0.3, -0.25) is 14.6 Å². The summed E-state index contributed by atoms with van der Waals surface area (Å²) >= 11 is 0. The van der Waals surface area contributed by atoms with Gasteiger partial charge in [-0.15, -0.1) is 0 Å². The largest absolute Gasteiger partial charge is 0.460 e. The molecule has 3 aliphatic rings. The summed E-state index contributed by atoms with van der Waals surface area (Å²) in [5.41, 5.74) is 4.70. The van der Waals surface area contributed by atoms with Crippen molar-refractivity contribution in [3.8, 4) is 0 Å². The highest BCUT2D eigenvalue weighted by Gasteiger charge is 2.61. The Kier molecular flexibility index (Phi) is 5.39. The molecule has 2 aliphatic carbocycles. The van der Waals surface area contributed by atoms with Crippen molar-refractivity contribution >= 4 is 11.9 Å². The molecular formula is C23H28F3N3O3. The Bertz CT molecular complexity index is 969. The highest BCUT2D eigenvalue weighted by molar-refractivity contribution is 5.89. The average molecular weight is 451 g/mol. The lowest BCUT2D eigenvalue weighted by Gasteiger charge is -2.37. The number of carbonyl (C=O) groups is 2. The molecule has 6 nitrogen and oxygen atoms in total. The molecule has 2 N–H and O–H groups in total. The summed E-state index contributed by atoms with van der Waals surface area (Å²) in [6.45, 7) is 5.80. The van der Waals surface area contributed by atoms with Crippen molar-refractivity contribution < 1.29 is 27.5 Å². The molecule has 0 saturated heterocycles. The number of hydrogen-bond acceptors (Lipinski definition) is 5. The number of carbonyl (C=O) groups excluding carboxylic acids is 2. The van der Waals surface area contributed by atoms with Crippen LogP contribution in [0.2, 0.25) is 0 Å². The van der Waals surface area contributed by atoms with Crippen LogP contribution in [0, 0.1) is 17.3 Å². The first-order valence-corrected chi connectivity index (χ1v) is 10.8. The van der Waals surface area contributed by atoms with E-state index in [0.29, 0.717) is 37.1 Å². The van der Waals surface area contributed by atoms with E-state index < -0.39 is 22.8 Å². The van der Waals surface area contributed by atoms with Gasteiger partial charge in [-0.2, -0.15) is 13.2 Å². The number of pyridine rings is 1. The number of esters is 1. The van der Waals surface area contributed by atoms with Crippen molar-refractivity contribution in [3.05, 3.63) is 41.2 Å². The molecule has 4 rings (SSSR count). The molecule has 4 atom stereocenters. The number of halogens is 3. The van der Waals surface area contributed by atoms with Crippen LogP contribution in [0.4, 0.5) is 13.2 Å². The van der Waals surface area contributed by atoms with E-state index in [2.05, 4.69) is 4.98 Å². The minimum atomic E-state index is -4.49. The van der Waals surface area contributed by atoms with Gasteiger partial charge in [0.25, 0.3) is 0 Å². The number of rotatable bonds is 3. The van der Waals surface area contributed by atoms with Crippen LogP contribution in [0.5, 0.6) is 0 Å². The number of nitrogens with two attached hydrogens (primary N) is 1. The molecule has 32 heavy (non-hydrogen) atoms. The zero-order chi connectivity index (χ0) is 23.5. The third kappa shape index (κ3) is 4.27. The van der Waals surface area contributed by atoms with E-state index in [9.17, 15) is 22.8 Å². The van der Waals surface area contributed by atoms with E-state index in [1.54, 1.807) is 37.8 Å². The molecule has 1 aliphatic heterocycles. The van der Waals surface area contributed by atoms with Crippen molar-refractivity contribution in [2.24, 2.45) is 23.0 Å². The topological polar surface area (TPSA) is 85.5 Å². The van der Waals surface area contributed by atoms with E-state index in [4.69, 9.17) is 10.5 Å². The molecule has 0 radical (unpaired) electrons. The molecule has 1 aromatic rings. The zero-order valence-corrected chi connectivity index (χ0v) is 18.4. The molecule has 1 amide bonds. The van der Waals surface area contributed by atoms with Crippen LogP contribution in [0.3, 0.4) is 0 Å². The molecule has 0 spiro atoms. The first-order chi connectivity index (χ1) is 14.8. The van der Waals surface area contributed by atoms with E-state index in [1.165, 1.54) is 0 Å². The standard InChI is InChI=1S/C23H28F3N3O3/c1-21(2,3)32-19(30)16-9-17(16)22(6-4-15(27)10-22)20(31)29-7-5-18-13(12-29)8-14(11-28-18)23(24,25)26/h4,6,8,11,15-17H,5,7,9-10,12,27H2,1-3H3/t15-,16?,17?,22+/m1/s1. The minimum Gasteiger partial charge on any atom is -0.460 e. The lowest BCUT2D eigenvalue weighted by Crippen LogP contribution is -2.47. The van der Waals surface area contributed by atoms with Crippen LogP contribution < -0.4 is 5.73 Å². The maximum Gasteiger partial charge on any atom is 0.417 e. The van der Waals surface area contributed by atoms with Crippen LogP contribution in [0.25, 0.3) is 0 Å². The normalized spacial score (nSPS) is 29.6. The summed E-state index contributed by atoms with van der Waals surface area (Å²) in [5.74, 6) is -1.13. The minimum absolute atomic E-state index is 0.0553. The molecule has 2 heterocycles. The van der Waals surface area contributed by atoms with Gasteiger partial charge in [-0.1, -0.05) is 12.2 Å². The maximum atomic E-state index is 13.7. The second-order valence-electron chi connectivity index (χ2n) is 10.1. The van der Waals surface area contributed by atoms with Gasteiger partial charge in [0, 0.05) is 37.4 Å². The van der Waals surface area contributed by atoms with Crippen molar-refractivity contribution in [2.75, 3.05) is 6.54 Å². The van der Waals surface area contributed by atoms with E-state index in [-0.39, 0.29) is 36.3 Å². The Labute approximate surface area is 185 Å². The Morgan fingerprint density at radius 1 is 1.28 bits per heavy atom. The summed E-state index contributed by atoms with van der Waals surface area (Å²) in [6, 6.07) is 0.764. The average Bonchev–Trinajstić information content (AvgIpc) is 3.41. The van der Waals surface area contributed by atoms with Crippen molar-refractivity contribution in [2.45, 2.75) is 64.4 Å². The SMILES string of the molecule is CC(C)(C)OC(=O)C1CC1[C@]1(C(=O)N2CCc3ncc(C(F)(F)F)cc3C2)C=C[C@@H](N)C1. The third-order valence-corrected chi connectivity index (χ3v) is 6.43. The maximum absolute atomic E-state index is 13.7. The number of hydrogen-bond donors (Lipinski definition) is 1. The number of ether oxygens (including phenoxy) is 1. The molecular weight excluding hydrogens is 423 g/mol. The second-order valence-corrected chi connectivity index (χ2v) is 10.1.